The van der Waals surface area contributed by atoms with Crippen molar-refractivity contribution >= 4 is 15.8 Å². The predicted octanol–water partition coefficient (Wildman–Crippen LogP) is 8.09. The third-order valence-electron chi connectivity index (χ3n) is 4.06. The molecule has 0 spiro atoms. The average molecular weight is 361 g/mol. The number of hydrogen-bond acceptors (Lipinski definition) is 0. The summed E-state index contributed by atoms with van der Waals surface area (Å²) in [7, 11) is 0.427. The van der Waals surface area contributed by atoms with Gasteiger partial charge in [-0.1, -0.05) is 91.0 Å². The topological polar surface area (TPSA) is 0 Å². The molecule has 0 saturated heterocycles. The highest BCUT2D eigenvalue weighted by Crippen LogP contribution is 2.62. The van der Waals surface area contributed by atoms with Gasteiger partial charge in [0.2, 0.25) is 0 Å². The van der Waals surface area contributed by atoms with Crippen LogP contribution in [0.3, 0.4) is 0 Å². The van der Waals surface area contributed by atoms with E-state index in [0.717, 1.165) is 29.1 Å². The van der Waals surface area contributed by atoms with E-state index in [4.69, 9.17) is 0 Å². The SMILES string of the molecule is CCCCC(P(CC(C)C)CC(C)C)P(CC(C)C)CC(C)C. The molecule has 0 amide bonds. The summed E-state index contributed by atoms with van der Waals surface area (Å²) in [5.41, 5.74) is 0. The summed E-state index contributed by atoms with van der Waals surface area (Å²) in [6.07, 6.45) is 10.4. The van der Waals surface area contributed by atoms with Gasteiger partial charge in [-0.15, -0.1) is 0 Å². The molecular formula is C21H46P2. The van der Waals surface area contributed by atoms with Crippen LogP contribution in [0.15, 0.2) is 0 Å². The van der Waals surface area contributed by atoms with E-state index in [9.17, 15) is 0 Å². The molecule has 0 aliphatic carbocycles. The monoisotopic (exact) mass is 360 g/mol. The summed E-state index contributed by atoms with van der Waals surface area (Å²) in [4.78, 5) is 0. The maximum Gasteiger partial charge on any atom is -0.000547 e. The van der Waals surface area contributed by atoms with Crippen molar-refractivity contribution in [2.24, 2.45) is 23.7 Å². The quantitative estimate of drug-likeness (QED) is 0.291. The molecule has 2 heteroatoms. The highest BCUT2D eigenvalue weighted by molar-refractivity contribution is 7.75. The first kappa shape index (κ1) is 23.9. The molecule has 0 fully saturated rings. The summed E-state index contributed by atoms with van der Waals surface area (Å²) in [5.74, 6) is 3.50. The maximum atomic E-state index is 2.44. The van der Waals surface area contributed by atoms with Crippen LogP contribution >= 0.6 is 15.8 Å². The summed E-state index contributed by atoms with van der Waals surface area (Å²) < 4.78 is 0. The van der Waals surface area contributed by atoms with Crippen LogP contribution in [0.4, 0.5) is 0 Å². The Morgan fingerprint density at radius 2 is 0.870 bits per heavy atom. The van der Waals surface area contributed by atoms with Crippen molar-refractivity contribution in [3.63, 3.8) is 0 Å². The zero-order chi connectivity index (χ0) is 18.0. The van der Waals surface area contributed by atoms with Crippen molar-refractivity contribution in [1.82, 2.24) is 0 Å². The third kappa shape index (κ3) is 11.9. The number of unbranched alkanes of at least 4 members (excludes halogenated alkanes) is 1. The fourth-order valence-corrected chi connectivity index (χ4v) is 12.6. The van der Waals surface area contributed by atoms with Gasteiger partial charge < -0.3 is 0 Å². The van der Waals surface area contributed by atoms with Crippen LogP contribution in [0.1, 0.15) is 81.6 Å². The Morgan fingerprint density at radius 1 is 0.565 bits per heavy atom. The van der Waals surface area contributed by atoms with Crippen LogP contribution in [-0.4, -0.2) is 30.0 Å². The van der Waals surface area contributed by atoms with Crippen LogP contribution in [0, 0.1) is 23.7 Å². The van der Waals surface area contributed by atoms with Gasteiger partial charge in [0.1, 0.15) is 0 Å². The van der Waals surface area contributed by atoms with E-state index in [-0.39, 0.29) is 15.8 Å². The van der Waals surface area contributed by atoms with E-state index in [0.29, 0.717) is 0 Å². The minimum atomic E-state index is 0.214. The van der Waals surface area contributed by atoms with Gasteiger partial charge in [-0.25, -0.2) is 0 Å². The molecule has 0 aromatic carbocycles. The van der Waals surface area contributed by atoms with E-state index < -0.39 is 0 Å². The second-order valence-electron chi connectivity index (χ2n) is 9.11. The Morgan fingerprint density at radius 3 is 1.09 bits per heavy atom. The number of rotatable bonds is 13. The Labute approximate surface area is 151 Å². The fraction of sp³-hybridized carbons (Fsp3) is 1.00. The minimum Gasteiger partial charge on any atom is -0.0986 e. The van der Waals surface area contributed by atoms with Crippen molar-refractivity contribution in [2.45, 2.75) is 87.0 Å². The van der Waals surface area contributed by atoms with Crippen LogP contribution in [0.5, 0.6) is 0 Å². The molecule has 0 N–H and O–H groups in total. The molecule has 0 unspecified atom stereocenters. The van der Waals surface area contributed by atoms with Gasteiger partial charge in [-0.2, -0.15) is 0 Å². The lowest BCUT2D eigenvalue weighted by Crippen LogP contribution is -2.18. The largest absolute Gasteiger partial charge is 0.0986 e. The van der Waals surface area contributed by atoms with Crippen molar-refractivity contribution < 1.29 is 0 Å². The van der Waals surface area contributed by atoms with Crippen molar-refractivity contribution in [3.8, 4) is 0 Å². The van der Waals surface area contributed by atoms with Crippen LogP contribution in [-0.2, 0) is 0 Å². The maximum absolute atomic E-state index is 2.44. The fourth-order valence-electron chi connectivity index (χ4n) is 3.49. The summed E-state index contributed by atoms with van der Waals surface area (Å²) in [5, 5.41) is 1.08. The molecule has 0 aromatic heterocycles. The van der Waals surface area contributed by atoms with E-state index in [2.05, 4.69) is 62.3 Å². The van der Waals surface area contributed by atoms with Crippen molar-refractivity contribution in [2.75, 3.05) is 24.6 Å². The highest BCUT2D eigenvalue weighted by Gasteiger charge is 2.30. The first-order chi connectivity index (χ1) is 10.7. The molecule has 0 atom stereocenters. The summed E-state index contributed by atoms with van der Waals surface area (Å²) >= 11 is 0. The Kier molecular flexibility index (Phi) is 13.6. The first-order valence-electron chi connectivity index (χ1n) is 10.1. The molecule has 0 saturated carbocycles. The average Bonchev–Trinajstić information content (AvgIpc) is 2.35. The van der Waals surface area contributed by atoms with Gasteiger partial charge >= 0.3 is 0 Å². The standard InChI is InChI=1S/C21H46P2/c1-10-11-12-21(22(13-17(2)3)14-18(4)5)23(15-19(6)7)16-20(8)9/h17-21H,10-16H2,1-9H3. The Balaban J connectivity index is 5.31. The minimum absolute atomic E-state index is 0.214. The van der Waals surface area contributed by atoms with E-state index in [1.807, 2.05) is 0 Å². The van der Waals surface area contributed by atoms with Gasteiger partial charge in [-0.05, 0) is 60.1 Å². The molecule has 0 rings (SSSR count). The zero-order valence-electron chi connectivity index (χ0n) is 17.7. The molecule has 23 heavy (non-hydrogen) atoms. The lowest BCUT2D eigenvalue weighted by molar-refractivity contribution is 0.689. The van der Waals surface area contributed by atoms with E-state index in [1.165, 1.54) is 43.9 Å². The molecule has 0 bridgehead atoms. The smallest absolute Gasteiger partial charge is 0.000547 e. The van der Waals surface area contributed by atoms with Crippen molar-refractivity contribution in [1.29, 1.82) is 0 Å². The highest BCUT2D eigenvalue weighted by atomic mass is 31.2. The van der Waals surface area contributed by atoms with Gasteiger partial charge in [0.25, 0.3) is 0 Å². The van der Waals surface area contributed by atoms with Gasteiger partial charge in [-0.3, -0.25) is 0 Å². The molecule has 0 nitrogen and oxygen atoms in total. The summed E-state index contributed by atoms with van der Waals surface area (Å²) in [6, 6.07) is 0. The van der Waals surface area contributed by atoms with Crippen LogP contribution in [0.2, 0.25) is 0 Å². The normalized spacial score (nSPS) is 13.0. The Hall–Kier alpha value is 0.860. The molecule has 140 valence electrons. The van der Waals surface area contributed by atoms with E-state index in [1.54, 1.807) is 0 Å². The molecule has 0 aliphatic heterocycles. The second kappa shape index (κ2) is 13.1. The van der Waals surface area contributed by atoms with Gasteiger partial charge in [0.15, 0.2) is 0 Å². The molecule has 0 aliphatic rings. The number of hydrogen-bond donors (Lipinski definition) is 0. The van der Waals surface area contributed by atoms with Crippen LogP contribution in [0.25, 0.3) is 0 Å². The molecular weight excluding hydrogens is 314 g/mol. The zero-order valence-corrected chi connectivity index (χ0v) is 19.5. The Bertz CT molecular complexity index is 227. The molecule has 0 heterocycles. The van der Waals surface area contributed by atoms with Crippen LogP contribution < -0.4 is 0 Å². The first-order valence-corrected chi connectivity index (χ1v) is 13.7. The lowest BCUT2D eigenvalue weighted by Gasteiger charge is -2.38. The van der Waals surface area contributed by atoms with Crippen molar-refractivity contribution in [3.05, 3.63) is 0 Å². The van der Waals surface area contributed by atoms with Gasteiger partial charge in [0.05, 0.1) is 0 Å². The molecule has 0 radical (unpaired) electrons. The molecule has 0 aromatic rings. The second-order valence-corrected chi connectivity index (χ2v) is 14.6. The predicted molar refractivity (Wildman–Crippen MR) is 116 cm³/mol. The summed E-state index contributed by atoms with van der Waals surface area (Å²) in [6.45, 7) is 21.9. The van der Waals surface area contributed by atoms with E-state index >= 15 is 0 Å². The lowest BCUT2D eigenvalue weighted by atomic mass is 10.3. The third-order valence-corrected chi connectivity index (χ3v) is 13.0. The van der Waals surface area contributed by atoms with Gasteiger partial charge in [0, 0.05) is 0 Å².